The van der Waals surface area contributed by atoms with E-state index in [-0.39, 0.29) is 17.0 Å². The summed E-state index contributed by atoms with van der Waals surface area (Å²) in [4.78, 5) is 2.92. The molecule has 0 aliphatic carbocycles. The third-order valence-corrected chi connectivity index (χ3v) is 5.31. The SMILES string of the molecule is Cc1ccc(S(=O)(=O)NN2C(C)CCCC2C)cc1N. The van der Waals surface area contributed by atoms with E-state index in [1.54, 1.807) is 12.1 Å². The summed E-state index contributed by atoms with van der Waals surface area (Å²) >= 11 is 0. The first kappa shape index (κ1) is 15.3. The molecule has 0 aromatic heterocycles. The van der Waals surface area contributed by atoms with E-state index in [4.69, 9.17) is 5.73 Å². The van der Waals surface area contributed by atoms with E-state index < -0.39 is 10.0 Å². The number of nitrogens with one attached hydrogen (secondary N) is 1. The average molecular weight is 297 g/mol. The fourth-order valence-electron chi connectivity index (χ4n) is 2.58. The minimum Gasteiger partial charge on any atom is -0.398 e. The van der Waals surface area contributed by atoms with Gasteiger partial charge in [0, 0.05) is 17.8 Å². The van der Waals surface area contributed by atoms with Crippen LogP contribution in [0.25, 0.3) is 0 Å². The van der Waals surface area contributed by atoms with Gasteiger partial charge in [0.15, 0.2) is 0 Å². The second-order valence-electron chi connectivity index (χ2n) is 5.65. The molecule has 2 rings (SSSR count). The van der Waals surface area contributed by atoms with Crippen molar-refractivity contribution in [2.45, 2.75) is 57.0 Å². The molecule has 112 valence electrons. The molecule has 1 aliphatic heterocycles. The minimum atomic E-state index is -3.57. The molecule has 0 bridgehead atoms. The van der Waals surface area contributed by atoms with Crippen LogP contribution in [0.1, 0.15) is 38.7 Å². The minimum absolute atomic E-state index is 0.205. The van der Waals surface area contributed by atoms with E-state index in [0.29, 0.717) is 5.69 Å². The van der Waals surface area contributed by atoms with E-state index in [1.807, 2.05) is 25.8 Å². The first-order valence-electron chi connectivity index (χ1n) is 6.98. The number of hydrazine groups is 1. The van der Waals surface area contributed by atoms with Crippen LogP contribution in [-0.2, 0) is 10.0 Å². The van der Waals surface area contributed by atoms with Gasteiger partial charge in [-0.1, -0.05) is 12.5 Å². The molecule has 6 heteroatoms. The summed E-state index contributed by atoms with van der Waals surface area (Å²) in [5.74, 6) is 0. The molecule has 0 amide bonds. The summed E-state index contributed by atoms with van der Waals surface area (Å²) in [5, 5.41) is 1.84. The quantitative estimate of drug-likeness (QED) is 0.837. The molecule has 1 aromatic carbocycles. The van der Waals surface area contributed by atoms with Crippen molar-refractivity contribution in [1.29, 1.82) is 0 Å². The van der Waals surface area contributed by atoms with Gasteiger partial charge in [-0.25, -0.2) is 13.4 Å². The van der Waals surface area contributed by atoms with Crippen molar-refractivity contribution in [1.82, 2.24) is 9.84 Å². The van der Waals surface area contributed by atoms with Crippen LogP contribution in [-0.4, -0.2) is 25.5 Å². The number of benzene rings is 1. The number of rotatable bonds is 3. The van der Waals surface area contributed by atoms with Crippen LogP contribution < -0.4 is 10.6 Å². The van der Waals surface area contributed by atoms with Crippen LogP contribution >= 0.6 is 0 Å². The van der Waals surface area contributed by atoms with Gasteiger partial charge < -0.3 is 5.73 Å². The van der Waals surface area contributed by atoms with Crippen molar-refractivity contribution in [2.75, 3.05) is 5.73 Å². The average Bonchev–Trinajstić information content (AvgIpc) is 2.37. The van der Waals surface area contributed by atoms with Gasteiger partial charge in [-0.2, -0.15) is 0 Å². The number of nitrogen functional groups attached to an aromatic ring is 1. The first-order valence-corrected chi connectivity index (χ1v) is 8.46. The Hall–Kier alpha value is -1.11. The molecule has 1 aliphatic rings. The van der Waals surface area contributed by atoms with Crippen LogP contribution in [0.4, 0.5) is 5.69 Å². The second-order valence-corrected chi connectivity index (χ2v) is 7.31. The number of hydrogen-bond donors (Lipinski definition) is 2. The van der Waals surface area contributed by atoms with Crippen molar-refractivity contribution in [2.24, 2.45) is 0 Å². The normalized spacial score (nSPS) is 24.8. The predicted octanol–water partition coefficient (Wildman–Crippen LogP) is 2.03. The van der Waals surface area contributed by atoms with Crippen molar-refractivity contribution in [3.8, 4) is 0 Å². The van der Waals surface area contributed by atoms with Gasteiger partial charge in [0.05, 0.1) is 4.90 Å². The lowest BCUT2D eigenvalue weighted by atomic mass is 10.0. The lowest BCUT2D eigenvalue weighted by molar-refractivity contribution is 0.0790. The summed E-state index contributed by atoms with van der Waals surface area (Å²) in [7, 11) is -3.57. The Morgan fingerprint density at radius 1 is 1.25 bits per heavy atom. The van der Waals surface area contributed by atoms with Gasteiger partial charge in [-0.3, -0.25) is 0 Å². The summed E-state index contributed by atoms with van der Waals surface area (Å²) in [6.45, 7) is 5.94. The third-order valence-electron chi connectivity index (χ3n) is 3.98. The number of hydrogen-bond acceptors (Lipinski definition) is 4. The van der Waals surface area contributed by atoms with Crippen LogP contribution in [0.5, 0.6) is 0 Å². The Morgan fingerprint density at radius 3 is 2.40 bits per heavy atom. The lowest BCUT2D eigenvalue weighted by Crippen LogP contribution is -2.53. The Balaban J connectivity index is 2.24. The van der Waals surface area contributed by atoms with E-state index in [1.165, 1.54) is 6.07 Å². The van der Waals surface area contributed by atoms with Crippen molar-refractivity contribution >= 4 is 15.7 Å². The second kappa shape index (κ2) is 5.71. The number of anilines is 1. The van der Waals surface area contributed by atoms with Crippen LogP contribution in [0.15, 0.2) is 23.1 Å². The molecule has 1 heterocycles. The maximum Gasteiger partial charge on any atom is 0.253 e. The molecule has 1 saturated heterocycles. The van der Waals surface area contributed by atoms with Crippen LogP contribution in [0, 0.1) is 6.92 Å². The van der Waals surface area contributed by atoms with Gasteiger partial charge in [0.25, 0.3) is 10.0 Å². The molecule has 3 N–H and O–H groups in total. The molecular weight excluding hydrogens is 274 g/mol. The predicted molar refractivity (Wildman–Crippen MR) is 80.5 cm³/mol. The largest absolute Gasteiger partial charge is 0.398 e. The topological polar surface area (TPSA) is 75.4 Å². The summed E-state index contributed by atoms with van der Waals surface area (Å²) < 4.78 is 24.9. The van der Waals surface area contributed by atoms with Gasteiger partial charge in [-0.15, -0.1) is 4.83 Å². The fraction of sp³-hybridized carbons (Fsp3) is 0.571. The standard InChI is InChI=1S/C14H23N3O2S/c1-10-7-8-13(9-14(10)15)20(18,19)16-17-11(2)5-4-6-12(17)3/h7-9,11-12,16H,4-6,15H2,1-3H3. The van der Waals surface area contributed by atoms with Gasteiger partial charge in [-0.05, 0) is 51.3 Å². The number of nitrogens with zero attached hydrogens (tertiary/aromatic N) is 1. The molecular formula is C14H23N3O2S. The first-order chi connectivity index (χ1) is 9.31. The molecule has 0 radical (unpaired) electrons. The Bertz CT molecular complexity index is 576. The fourth-order valence-corrected chi connectivity index (χ4v) is 3.85. The van der Waals surface area contributed by atoms with E-state index >= 15 is 0 Å². The number of nitrogens with two attached hydrogens (primary N) is 1. The molecule has 2 unspecified atom stereocenters. The summed E-state index contributed by atoms with van der Waals surface area (Å²) in [6.07, 6.45) is 3.14. The third kappa shape index (κ3) is 3.13. The Labute approximate surface area is 121 Å². The summed E-state index contributed by atoms with van der Waals surface area (Å²) in [6, 6.07) is 5.24. The monoisotopic (exact) mass is 297 g/mol. The van der Waals surface area contributed by atoms with E-state index in [9.17, 15) is 8.42 Å². The van der Waals surface area contributed by atoms with Crippen LogP contribution in [0.2, 0.25) is 0 Å². The molecule has 20 heavy (non-hydrogen) atoms. The highest BCUT2D eigenvalue weighted by molar-refractivity contribution is 7.89. The van der Waals surface area contributed by atoms with Crippen molar-refractivity contribution < 1.29 is 8.42 Å². The lowest BCUT2D eigenvalue weighted by Gasteiger charge is -2.38. The number of aryl methyl sites for hydroxylation is 1. The zero-order valence-corrected chi connectivity index (χ0v) is 13.1. The van der Waals surface area contributed by atoms with Gasteiger partial charge >= 0.3 is 0 Å². The smallest absolute Gasteiger partial charge is 0.253 e. The van der Waals surface area contributed by atoms with Crippen molar-refractivity contribution in [3.63, 3.8) is 0 Å². The highest BCUT2D eigenvalue weighted by Crippen LogP contribution is 2.23. The highest BCUT2D eigenvalue weighted by atomic mass is 32.2. The molecule has 1 fully saturated rings. The Morgan fingerprint density at radius 2 is 1.85 bits per heavy atom. The van der Waals surface area contributed by atoms with Crippen LogP contribution in [0.3, 0.4) is 0 Å². The Kier molecular flexibility index (Phi) is 4.36. The molecule has 5 nitrogen and oxygen atoms in total. The zero-order valence-electron chi connectivity index (χ0n) is 12.3. The summed E-state index contributed by atoms with van der Waals surface area (Å²) in [5.41, 5.74) is 7.17. The zero-order chi connectivity index (χ0) is 14.9. The van der Waals surface area contributed by atoms with E-state index in [2.05, 4.69) is 4.83 Å². The molecule has 2 atom stereocenters. The van der Waals surface area contributed by atoms with Gasteiger partial charge in [0.1, 0.15) is 0 Å². The number of sulfonamides is 1. The highest BCUT2D eigenvalue weighted by Gasteiger charge is 2.29. The maximum absolute atomic E-state index is 12.4. The molecule has 0 spiro atoms. The molecule has 0 saturated carbocycles. The molecule has 1 aromatic rings. The maximum atomic E-state index is 12.4. The number of piperidine rings is 1. The van der Waals surface area contributed by atoms with E-state index in [0.717, 1.165) is 24.8 Å². The van der Waals surface area contributed by atoms with Crippen molar-refractivity contribution in [3.05, 3.63) is 23.8 Å². The van der Waals surface area contributed by atoms with Gasteiger partial charge in [0.2, 0.25) is 0 Å².